The normalized spacial score (nSPS) is 24.9. The Morgan fingerprint density at radius 1 is 0.500 bits per heavy atom. The summed E-state index contributed by atoms with van der Waals surface area (Å²) in [6, 6.07) is 0. The van der Waals surface area contributed by atoms with E-state index in [0.717, 1.165) is 11.1 Å². The third-order valence-corrected chi connectivity index (χ3v) is 14.6. The predicted octanol–water partition coefficient (Wildman–Crippen LogP) is 7.02. The van der Waals surface area contributed by atoms with Crippen LogP contribution in [-0.2, 0) is 0 Å². The first-order chi connectivity index (χ1) is 9.45. The maximum Gasteiger partial charge on any atom is 0.0724 e. The van der Waals surface area contributed by atoms with E-state index < -0.39 is 32.3 Å². The molecular formula is C18H40Si4. The fourth-order valence-corrected chi connectivity index (χ4v) is 15.9. The number of hydrogen-bond donors (Lipinski definition) is 0. The Balaban J connectivity index is 3.57. The molecule has 0 radical (unpaired) electrons. The molecule has 0 aromatic carbocycles. The van der Waals surface area contributed by atoms with Crippen LogP contribution in [-0.4, -0.2) is 32.3 Å². The summed E-state index contributed by atoms with van der Waals surface area (Å²) in [7, 11) is -4.92. The van der Waals surface area contributed by atoms with Crippen molar-refractivity contribution >= 4 is 32.3 Å². The van der Waals surface area contributed by atoms with Crippen LogP contribution in [0.1, 0.15) is 0 Å². The minimum Gasteiger partial charge on any atom is -0.0848 e. The molecule has 0 aromatic rings. The first kappa shape index (κ1) is 20.4. The van der Waals surface area contributed by atoms with Gasteiger partial charge < -0.3 is 0 Å². The van der Waals surface area contributed by atoms with Crippen molar-refractivity contribution in [3.05, 3.63) is 22.5 Å². The van der Waals surface area contributed by atoms with Crippen molar-refractivity contribution in [2.75, 3.05) is 0 Å². The molecule has 0 N–H and O–H groups in total. The van der Waals surface area contributed by atoms with Crippen LogP contribution < -0.4 is 0 Å². The molecule has 0 aromatic heterocycles. The standard InChI is InChI=1S/C18H40Si4/c1-19(2,3)15-13-17(21(7,8)9)18(22(10,11)12)14-16(15)20(4,5)6/h13-15,18H,1-12H3/t15-,18+. The molecule has 0 saturated heterocycles. The quantitative estimate of drug-likeness (QED) is 0.467. The van der Waals surface area contributed by atoms with Gasteiger partial charge in [-0.3, -0.25) is 0 Å². The van der Waals surface area contributed by atoms with E-state index in [1.807, 2.05) is 10.4 Å². The molecule has 22 heavy (non-hydrogen) atoms. The van der Waals surface area contributed by atoms with Crippen LogP contribution in [0.5, 0.6) is 0 Å². The first-order valence-corrected chi connectivity index (χ1v) is 23.1. The van der Waals surface area contributed by atoms with Gasteiger partial charge in [0, 0.05) is 0 Å². The van der Waals surface area contributed by atoms with Crippen molar-refractivity contribution in [3.8, 4) is 0 Å². The average molecular weight is 369 g/mol. The summed E-state index contributed by atoms with van der Waals surface area (Å²) in [6.45, 7) is 30.7. The Morgan fingerprint density at radius 3 is 0.864 bits per heavy atom. The van der Waals surface area contributed by atoms with Crippen LogP contribution in [0.4, 0.5) is 0 Å². The van der Waals surface area contributed by atoms with Crippen LogP contribution in [0.2, 0.25) is 89.6 Å². The average Bonchev–Trinajstić information content (AvgIpc) is 2.22. The van der Waals surface area contributed by atoms with Gasteiger partial charge in [-0.15, -0.1) is 0 Å². The van der Waals surface area contributed by atoms with E-state index >= 15 is 0 Å². The van der Waals surface area contributed by atoms with Gasteiger partial charge in [-0.25, -0.2) is 0 Å². The summed E-state index contributed by atoms with van der Waals surface area (Å²) >= 11 is 0. The third-order valence-electron chi connectivity index (χ3n) is 4.96. The lowest BCUT2D eigenvalue weighted by molar-refractivity contribution is 1.06. The zero-order valence-corrected chi connectivity index (χ0v) is 21.3. The zero-order chi connectivity index (χ0) is 17.7. The lowest BCUT2D eigenvalue weighted by Crippen LogP contribution is -2.44. The largest absolute Gasteiger partial charge is 0.0848 e. The minimum atomic E-state index is -1.25. The molecule has 0 heterocycles. The van der Waals surface area contributed by atoms with Gasteiger partial charge in [0.05, 0.1) is 32.3 Å². The van der Waals surface area contributed by atoms with Crippen molar-refractivity contribution in [2.45, 2.75) is 89.6 Å². The van der Waals surface area contributed by atoms with E-state index in [2.05, 4.69) is 90.7 Å². The van der Waals surface area contributed by atoms with Gasteiger partial charge in [-0.2, -0.15) is 0 Å². The predicted molar refractivity (Wildman–Crippen MR) is 117 cm³/mol. The molecule has 0 nitrogen and oxygen atoms in total. The van der Waals surface area contributed by atoms with Gasteiger partial charge in [-0.05, 0) is 11.1 Å². The SMILES string of the molecule is C[Si](C)(C)C1=C[C@H]([Si](C)(C)C)C([Si](C)(C)C)=C[C@H]1[Si](C)(C)C. The van der Waals surface area contributed by atoms with E-state index in [1.54, 1.807) is 0 Å². The fourth-order valence-electron chi connectivity index (χ4n) is 3.61. The monoisotopic (exact) mass is 368 g/mol. The van der Waals surface area contributed by atoms with Crippen LogP contribution in [0.3, 0.4) is 0 Å². The van der Waals surface area contributed by atoms with E-state index in [4.69, 9.17) is 0 Å². The van der Waals surface area contributed by atoms with E-state index in [1.165, 1.54) is 0 Å². The Labute approximate surface area is 144 Å². The zero-order valence-electron chi connectivity index (χ0n) is 17.3. The molecule has 1 aliphatic rings. The number of allylic oxidation sites excluding steroid dienone is 4. The van der Waals surface area contributed by atoms with Gasteiger partial charge in [0.1, 0.15) is 0 Å². The van der Waals surface area contributed by atoms with Gasteiger partial charge in [-0.1, -0.05) is 101 Å². The molecule has 0 unspecified atom stereocenters. The molecule has 0 aliphatic heterocycles. The second-order valence-electron chi connectivity index (χ2n) is 11.4. The lowest BCUT2D eigenvalue weighted by atomic mass is 10.2. The van der Waals surface area contributed by atoms with Gasteiger partial charge in [0.15, 0.2) is 0 Å². The van der Waals surface area contributed by atoms with E-state index in [-0.39, 0.29) is 0 Å². The maximum absolute atomic E-state index is 2.81. The second kappa shape index (κ2) is 6.01. The summed E-state index contributed by atoms with van der Waals surface area (Å²) in [5.41, 5.74) is 1.57. The van der Waals surface area contributed by atoms with E-state index in [9.17, 15) is 0 Å². The summed E-state index contributed by atoms with van der Waals surface area (Å²) in [5, 5.41) is 3.75. The second-order valence-corrected chi connectivity index (χ2v) is 32.3. The molecule has 0 fully saturated rings. The Kier molecular flexibility index (Phi) is 5.57. The topological polar surface area (TPSA) is 0 Å². The summed E-state index contributed by atoms with van der Waals surface area (Å²) in [4.78, 5) is 0. The van der Waals surface area contributed by atoms with Crippen molar-refractivity contribution in [2.24, 2.45) is 0 Å². The fraction of sp³-hybridized carbons (Fsp3) is 0.778. The van der Waals surface area contributed by atoms with Crippen molar-refractivity contribution in [1.29, 1.82) is 0 Å². The molecule has 0 saturated carbocycles. The summed E-state index contributed by atoms with van der Waals surface area (Å²) in [5.74, 6) is 0. The Morgan fingerprint density at radius 2 is 0.727 bits per heavy atom. The Hall–Kier alpha value is 0.348. The molecule has 1 aliphatic carbocycles. The number of hydrogen-bond acceptors (Lipinski definition) is 0. The minimum absolute atomic E-state index is 0.786. The third kappa shape index (κ3) is 4.68. The lowest BCUT2D eigenvalue weighted by Gasteiger charge is -2.45. The van der Waals surface area contributed by atoms with Crippen molar-refractivity contribution in [3.63, 3.8) is 0 Å². The van der Waals surface area contributed by atoms with Gasteiger partial charge >= 0.3 is 0 Å². The highest BCUT2D eigenvalue weighted by Gasteiger charge is 2.43. The van der Waals surface area contributed by atoms with Crippen molar-refractivity contribution in [1.82, 2.24) is 0 Å². The summed E-state index contributed by atoms with van der Waals surface area (Å²) < 4.78 is 0. The summed E-state index contributed by atoms with van der Waals surface area (Å²) in [6.07, 6.45) is 5.63. The highest BCUT2D eigenvalue weighted by Crippen LogP contribution is 2.49. The molecule has 0 amide bonds. The molecule has 0 spiro atoms. The van der Waals surface area contributed by atoms with Crippen LogP contribution in [0.15, 0.2) is 22.5 Å². The van der Waals surface area contributed by atoms with Gasteiger partial charge in [0.2, 0.25) is 0 Å². The molecule has 1 rings (SSSR count). The molecular weight excluding hydrogens is 329 g/mol. The first-order valence-electron chi connectivity index (χ1n) is 8.90. The smallest absolute Gasteiger partial charge is 0.0724 e. The molecule has 2 atom stereocenters. The Bertz CT molecular complexity index is 427. The molecule has 0 bridgehead atoms. The maximum atomic E-state index is 2.81. The molecule has 4 heteroatoms. The highest BCUT2D eigenvalue weighted by molar-refractivity contribution is 6.91. The van der Waals surface area contributed by atoms with Crippen LogP contribution >= 0.6 is 0 Å². The number of rotatable bonds is 4. The van der Waals surface area contributed by atoms with Crippen LogP contribution in [0, 0.1) is 0 Å². The molecule has 128 valence electrons. The van der Waals surface area contributed by atoms with Crippen molar-refractivity contribution < 1.29 is 0 Å². The van der Waals surface area contributed by atoms with Gasteiger partial charge in [0.25, 0.3) is 0 Å². The van der Waals surface area contributed by atoms with E-state index in [0.29, 0.717) is 0 Å². The van der Waals surface area contributed by atoms with Crippen LogP contribution in [0.25, 0.3) is 0 Å². The highest BCUT2D eigenvalue weighted by atomic mass is 28.3.